The molecule has 0 N–H and O–H groups in total. The van der Waals surface area contributed by atoms with Crippen molar-refractivity contribution >= 4 is 38.6 Å². The Morgan fingerprint density at radius 3 is 1.60 bits per heavy atom. The zero-order valence-corrected chi connectivity index (χ0v) is 31.8. The molecule has 1 spiro atoms. The van der Waals surface area contributed by atoms with Crippen molar-refractivity contribution in [3.8, 4) is 44.5 Å². The maximum atomic E-state index is 2.48. The predicted octanol–water partition coefficient (Wildman–Crippen LogP) is 15.1. The van der Waals surface area contributed by atoms with Gasteiger partial charge in [-0.25, -0.2) is 0 Å². The summed E-state index contributed by atoms with van der Waals surface area (Å²) in [5.74, 6) is 0. The Kier molecular flexibility index (Phi) is 7.21. The molecule has 2 aliphatic carbocycles. The normalized spacial score (nSPS) is 13.0. The first kappa shape index (κ1) is 32.7. The number of hydrogen-bond donors (Lipinski definition) is 0. The molecule has 0 aliphatic heterocycles. The summed E-state index contributed by atoms with van der Waals surface area (Å²) in [5.41, 5.74) is 18.4. The first-order chi connectivity index (χ1) is 28.8. The molecule has 0 saturated carbocycles. The number of benzene rings is 10. The Morgan fingerprint density at radius 2 is 0.897 bits per heavy atom. The van der Waals surface area contributed by atoms with Gasteiger partial charge < -0.3 is 4.90 Å². The molecular weight excluding hydrogens is 699 g/mol. The predicted molar refractivity (Wildman–Crippen MR) is 243 cm³/mol. The number of nitrogens with zero attached hydrogens (tertiary/aromatic N) is 1. The van der Waals surface area contributed by atoms with Crippen LogP contribution < -0.4 is 4.90 Å². The highest BCUT2D eigenvalue weighted by atomic mass is 15.1. The minimum atomic E-state index is -0.449. The topological polar surface area (TPSA) is 3.24 Å². The summed E-state index contributed by atoms with van der Waals surface area (Å²) in [4.78, 5) is 2.43. The molecule has 0 fully saturated rings. The second kappa shape index (κ2) is 12.8. The summed E-state index contributed by atoms with van der Waals surface area (Å²) in [6, 6.07) is 83.0. The molecule has 12 rings (SSSR count). The molecular formula is C57H37N. The average molecular weight is 736 g/mol. The van der Waals surface area contributed by atoms with Crippen molar-refractivity contribution in [3.05, 3.63) is 247 Å². The smallest absolute Gasteiger partial charge is 0.0731 e. The van der Waals surface area contributed by atoms with Gasteiger partial charge in [0.2, 0.25) is 0 Å². The average Bonchev–Trinajstić information content (AvgIpc) is 3.76. The maximum Gasteiger partial charge on any atom is 0.0731 e. The van der Waals surface area contributed by atoms with Crippen LogP contribution >= 0.6 is 0 Å². The molecule has 0 aromatic heterocycles. The molecule has 58 heavy (non-hydrogen) atoms. The molecule has 270 valence electrons. The Hall–Kier alpha value is -7.48. The van der Waals surface area contributed by atoms with Crippen molar-refractivity contribution < 1.29 is 0 Å². The van der Waals surface area contributed by atoms with Gasteiger partial charge in [-0.15, -0.1) is 0 Å². The van der Waals surface area contributed by atoms with Crippen LogP contribution in [0.2, 0.25) is 0 Å². The van der Waals surface area contributed by atoms with Crippen LogP contribution in [0.1, 0.15) is 22.3 Å². The van der Waals surface area contributed by atoms with Gasteiger partial charge in [0.15, 0.2) is 0 Å². The van der Waals surface area contributed by atoms with E-state index in [1.165, 1.54) is 88.3 Å². The van der Waals surface area contributed by atoms with E-state index in [0.717, 1.165) is 17.1 Å². The van der Waals surface area contributed by atoms with Crippen LogP contribution in [-0.4, -0.2) is 0 Å². The number of anilines is 3. The van der Waals surface area contributed by atoms with Crippen LogP contribution in [-0.2, 0) is 5.41 Å². The summed E-state index contributed by atoms with van der Waals surface area (Å²) in [7, 11) is 0. The fraction of sp³-hybridized carbons (Fsp3) is 0.0175. The molecule has 1 heteroatoms. The summed E-state index contributed by atoms with van der Waals surface area (Å²) >= 11 is 0. The van der Waals surface area contributed by atoms with Gasteiger partial charge in [-0.1, -0.05) is 176 Å². The largest absolute Gasteiger partial charge is 0.310 e. The molecule has 2 aliphatic rings. The molecule has 0 atom stereocenters. The van der Waals surface area contributed by atoms with E-state index in [-0.39, 0.29) is 0 Å². The lowest BCUT2D eigenvalue weighted by Gasteiger charge is -2.32. The van der Waals surface area contributed by atoms with Gasteiger partial charge in [0.25, 0.3) is 0 Å². The fourth-order valence-corrected chi connectivity index (χ4v) is 10.2. The highest BCUT2D eigenvalue weighted by Crippen LogP contribution is 2.64. The molecule has 10 aromatic carbocycles. The Labute approximate surface area is 338 Å². The van der Waals surface area contributed by atoms with E-state index in [1.807, 2.05) is 0 Å². The van der Waals surface area contributed by atoms with Gasteiger partial charge in [-0.05, 0) is 131 Å². The van der Waals surface area contributed by atoms with Crippen molar-refractivity contribution in [2.24, 2.45) is 0 Å². The second-order valence-corrected chi connectivity index (χ2v) is 15.6. The van der Waals surface area contributed by atoms with Crippen LogP contribution in [0.15, 0.2) is 224 Å². The van der Waals surface area contributed by atoms with Crippen molar-refractivity contribution in [1.29, 1.82) is 0 Å². The van der Waals surface area contributed by atoms with Crippen molar-refractivity contribution in [2.45, 2.75) is 5.41 Å². The fourth-order valence-electron chi connectivity index (χ4n) is 10.2. The van der Waals surface area contributed by atoms with Crippen LogP contribution in [0.4, 0.5) is 17.1 Å². The van der Waals surface area contributed by atoms with Crippen LogP contribution in [0, 0.1) is 0 Å². The SMILES string of the molecule is c1ccc(-c2ccc(N(c3ccccc3)c3ccc4c5c(ccc4c3)-c3cc4ccccc4cc3C53c4ccccc4-c4ccccc43)c(-c3ccccc3)c2)cc1. The van der Waals surface area contributed by atoms with Crippen LogP contribution in [0.3, 0.4) is 0 Å². The van der Waals surface area contributed by atoms with Crippen molar-refractivity contribution in [1.82, 2.24) is 0 Å². The zero-order valence-electron chi connectivity index (χ0n) is 31.8. The molecule has 0 bridgehead atoms. The number of para-hydroxylation sites is 1. The van der Waals surface area contributed by atoms with E-state index in [4.69, 9.17) is 0 Å². The van der Waals surface area contributed by atoms with Crippen LogP contribution in [0.5, 0.6) is 0 Å². The second-order valence-electron chi connectivity index (χ2n) is 15.6. The standard InChI is InChI=1S/C57H37N/c1-4-16-38(17-5-1)42-29-33-55(50(35-42)39-18-6-2-7-19-39)58(44-22-8-3-9-23-44)45-30-32-46-43(34-45)28-31-49-51-36-40-20-10-11-21-41(40)37-54(51)57(56(46)49)52-26-14-12-24-47(52)48-25-13-15-27-53(48)57/h1-37H. The molecule has 0 heterocycles. The molecule has 1 nitrogen and oxygen atoms in total. The maximum absolute atomic E-state index is 2.48. The first-order valence-corrected chi connectivity index (χ1v) is 20.2. The number of hydrogen-bond acceptors (Lipinski definition) is 1. The molecule has 10 aromatic rings. The molecule has 0 amide bonds. The van der Waals surface area contributed by atoms with E-state index in [2.05, 4.69) is 229 Å². The van der Waals surface area contributed by atoms with E-state index < -0.39 is 5.41 Å². The first-order valence-electron chi connectivity index (χ1n) is 20.2. The summed E-state index contributed by atoms with van der Waals surface area (Å²) in [6.45, 7) is 0. The van der Waals surface area contributed by atoms with Gasteiger partial charge >= 0.3 is 0 Å². The van der Waals surface area contributed by atoms with Gasteiger partial charge in [-0.2, -0.15) is 0 Å². The summed E-state index contributed by atoms with van der Waals surface area (Å²) in [6.07, 6.45) is 0. The van der Waals surface area contributed by atoms with Gasteiger partial charge in [0.1, 0.15) is 0 Å². The lowest BCUT2D eigenvalue weighted by Crippen LogP contribution is -2.26. The van der Waals surface area contributed by atoms with E-state index in [1.54, 1.807) is 0 Å². The zero-order chi connectivity index (χ0) is 38.2. The number of rotatable bonds is 5. The third-order valence-electron chi connectivity index (χ3n) is 12.6. The van der Waals surface area contributed by atoms with Gasteiger partial charge in [0, 0.05) is 16.9 Å². The lowest BCUT2D eigenvalue weighted by atomic mass is 9.69. The third kappa shape index (κ3) is 4.71. The quantitative estimate of drug-likeness (QED) is 0.170. The lowest BCUT2D eigenvalue weighted by molar-refractivity contribution is 0.802. The number of fused-ring (bicyclic) bond motifs is 13. The highest BCUT2D eigenvalue weighted by Gasteiger charge is 2.52. The molecule has 0 unspecified atom stereocenters. The summed E-state index contributed by atoms with van der Waals surface area (Å²) < 4.78 is 0. The van der Waals surface area contributed by atoms with E-state index >= 15 is 0 Å². The van der Waals surface area contributed by atoms with Crippen molar-refractivity contribution in [3.63, 3.8) is 0 Å². The molecule has 0 radical (unpaired) electrons. The van der Waals surface area contributed by atoms with Crippen molar-refractivity contribution in [2.75, 3.05) is 4.90 Å². The Morgan fingerprint density at radius 1 is 0.293 bits per heavy atom. The third-order valence-corrected chi connectivity index (χ3v) is 12.6. The van der Waals surface area contributed by atoms with Crippen LogP contribution in [0.25, 0.3) is 66.1 Å². The van der Waals surface area contributed by atoms with Gasteiger partial charge in [-0.3, -0.25) is 0 Å². The summed E-state index contributed by atoms with van der Waals surface area (Å²) in [5, 5.41) is 5.04. The van der Waals surface area contributed by atoms with Gasteiger partial charge in [0.05, 0.1) is 11.1 Å². The minimum absolute atomic E-state index is 0.449. The van der Waals surface area contributed by atoms with E-state index in [9.17, 15) is 0 Å². The monoisotopic (exact) mass is 735 g/mol. The Balaban J connectivity index is 1.12. The Bertz CT molecular complexity index is 3170. The van der Waals surface area contributed by atoms with E-state index in [0.29, 0.717) is 0 Å². The molecule has 0 saturated heterocycles. The minimum Gasteiger partial charge on any atom is -0.310 e. The highest BCUT2D eigenvalue weighted by molar-refractivity contribution is 6.07.